The molecule has 0 aliphatic rings. The lowest BCUT2D eigenvalue weighted by atomic mass is 10.2. The van der Waals surface area contributed by atoms with E-state index in [0.29, 0.717) is 23.6 Å². The van der Waals surface area contributed by atoms with Crippen LogP contribution in [0.5, 0.6) is 0 Å². The molecule has 0 aliphatic heterocycles. The van der Waals surface area contributed by atoms with Crippen molar-refractivity contribution in [1.29, 1.82) is 0 Å². The molecule has 0 radical (unpaired) electrons. The predicted molar refractivity (Wildman–Crippen MR) is 65.7 cm³/mol. The van der Waals surface area contributed by atoms with Gasteiger partial charge < -0.3 is 15.1 Å². The van der Waals surface area contributed by atoms with Crippen molar-refractivity contribution in [2.75, 3.05) is 5.73 Å². The summed E-state index contributed by atoms with van der Waals surface area (Å²) in [4.78, 5) is 18.7. The van der Waals surface area contributed by atoms with Crippen LogP contribution in [0.25, 0.3) is 11.6 Å². The molecule has 0 fully saturated rings. The minimum atomic E-state index is -0.190. The molecule has 0 aliphatic carbocycles. The molecule has 0 atom stereocenters. The summed E-state index contributed by atoms with van der Waals surface area (Å²) in [6.07, 6.45) is 3.04. The molecule has 0 bridgehead atoms. The Labute approximate surface area is 98.7 Å². The monoisotopic (exact) mass is 233 g/mol. The average Bonchev–Trinajstić information content (AvgIpc) is 2.69. The number of aromatic amines is 1. The van der Waals surface area contributed by atoms with E-state index < -0.39 is 0 Å². The van der Waals surface area contributed by atoms with Crippen LogP contribution >= 0.6 is 0 Å². The lowest BCUT2D eigenvalue weighted by Gasteiger charge is -2.04. The van der Waals surface area contributed by atoms with Crippen LogP contribution in [0.2, 0.25) is 0 Å². The third-order valence-electron chi connectivity index (χ3n) is 2.62. The van der Waals surface area contributed by atoms with Gasteiger partial charge in [-0.25, -0.2) is 4.98 Å². The Morgan fingerprint density at radius 3 is 2.82 bits per heavy atom. The Balaban J connectivity index is 2.53. The Kier molecular flexibility index (Phi) is 2.99. The van der Waals surface area contributed by atoms with E-state index in [2.05, 4.69) is 9.97 Å². The van der Waals surface area contributed by atoms with Crippen LogP contribution in [0.1, 0.15) is 24.5 Å². The number of nitrogens with one attached hydrogen (secondary N) is 1. The van der Waals surface area contributed by atoms with Crippen LogP contribution in [0.3, 0.4) is 0 Å². The van der Waals surface area contributed by atoms with E-state index in [1.54, 1.807) is 6.26 Å². The highest BCUT2D eigenvalue weighted by Gasteiger charge is 2.12. The van der Waals surface area contributed by atoms with E-state index in [0.717, 1.165) is 12.0 Å². The number of nitrogens with two attached hydrogens (primary N) is 1. The Bertz CT molecular complexity index is 584. The predicted octanol–water partition coefficient (Wildman–Crippen LogP) is 1.87. The van der Waals surface area contributed by atoms with Crippen molar-refractivity contribution in [2.45, 2.75) is 26.7 Å². The molecule has 0 spiro atoms. The van der Waals surface area contributed by atoms with Gasteiger partial charge in [-0.15, -0.1) is 0 Å². The second-order valence-electron chi connectivity index (χ2n) is 3.96. The fraction of sp³-hybridized carbons (Fsp3) is 0.333. The van der Waals surface area contributed by atoms with E-state index in [-0.39, 0.29) is 11.4 Å². The Morgan fingerprint density at radius 1 is 1.53 bits per heavy atom. The SMILES string of the molecule is CCCc1c(N)nc(-c2occc2C)[nH]c1=O. The van der Waals surface area contributed by atoms with Crippen LogP contribution in [-0.4, -0.2) is 9.97 Å². The number of aryl methyl sites for hydroxylation is 1. The third kappa shape index (κ3) is 2.08. The van der Waals surface area contributed by atoms with Crippen LogP contribution in [-0.2, 0) is 6.42 Å². The van der Waals surface area contributed by atoms with Crippen molar-refractivity contribution in [2.24, 2.45) is 0 Å². The van der Waals surface area contributed by atoms with Gasteiger partial charge in [0.2, 0.25) is 0 Å². The molecule has 5 heteroatoms. The molecule has 0 saturated heterocycles. The fourth-order valence-corrected chi connectivity index (χ4v) is 1.73. The van der Waals surface area contributed by atoms with Gasteiger partial charge in [0.05, 0.1) is 11.8 Å². The first kappa shape index (κ1) is 11.4. The minimum Gasteiger partial charge on any atom is -0.461 e. The normalized spacial score (nSPS) is 10.7. The highest BCUT2D eigenvalue weighted by molar-refractivity contribution is 5.55. The van der Waals surface area contributed by atoms with Gasteiger partial charge in [0, 0.05) is 0 Å². The molecule has 0 unspecified atom stereocenters. The quantitative estimate of drug-likeness (QED) is 0.847. The Hall–Kier alpha value is -2.04. The fourth-order valence-electron chi connectivity index (χ4n) is 1.73. The molecule has 0 aromatic carbocycles. The van der Waals surface area contributed by atoms with Gasteiger partial charge >= 0.3 is 0 Å². The molecule has 2 heterocycles. The van der Waals surface area contributed by atoms with E-state index in [4.69, 9.17) is 10.2 Å². The van der Waals surface area contributed by atoms with Crippen molar-refractivity contribution in [3.8, 4) is 11.6 Å². The molecule has 90 valence electrons. The number of H-pyrrole nitrogens is 1. The van der Waals surface area contributed by atoms with Crippen molar-refractivity contribution in [3.05, 3.63) is 33.8 Å². The summed E-state index contributed by atoms with van der Waals surface area (Å²) in [5.74, 6) is 1.22. The number of hydrogen-bond donors (Lipinski definition) is 2. The summed E-state index contributed by atoms with van der Waals surface area (Å²) in [6, 6.07) is 1.81. The average molecular weight is 233 g/mol. The lowest BCUT2D eigenvalue weighted by Crippen LogP contribution is -2.18. The maximum absolute atomic E-state index is 11.8. The first-order valence-electron chi connectivity index (χ1n) is 5.56. The van der Waals surface area contributed by atoms with Crippen molar-refractivity contribution >= 4 is 5.82 Å². The molecule has 0 saturated carbocycles. The third-order valence-corrected chi connectivity index (χ3v) is 2.62. The molecular weight excluding hydrogens is 218 g/mol. The molecule has 5 nitrogen and oxygen atoms in total. The van der Waals surface area contributed by atoms with Crippen LogP contribution in [0, 0.1) is 6.92 Å². The topological polar surface area (TPSA) is 84.9 Å². The van der Waals surface area contributed by atoms with Gasteiger partial charge in [0.15, 0.2) is 11.6 Å². The second kappa shape index (κ2) is 4.45. The largest absolute Gasteiger partial charge is 0.461 e. The summed E-state index contributed by atoms with van der Waals surface area (Å²) >= 11 is 0. The lowest BCUT2D eigenvalue weighted by molar-refractivity contribution is 0.575. The first-order valence-corrected chi connectivity index (χ1v) is 5.56. The highest BCUT2D eigenvalue weighted by atomic mass is 16.3. The Morgan fingerprint density at radius 2 is 2.29 bits per heavy atom. The number of nitrogen functional groups attached to an aromatic ring is 1. The van der Waals surface area contributed by atoms with Crippen LogP contribution < -0.4 is 11.3 Å². The highest BCUT2D eigenvalue weighted by Crippen LogP contribution is 2.21. The summed E-state index contributed by atoms with van der Waals surface area (Å²) in [5, 5.41) is 0. The zero-order chi connectivity index (χ0) is 12.4. The van der Waals surface area contributed by atoms with E-state index >= 15 is 0 Å². The van der Waals surface area contributed by atoms with E-state index in [9.17, 15) is 4.79 Å². The van der Waals surface area contributed by atoms with E-state index in [1.807, 2.05) is 19.9 Å². The van der Waals surface area contributed by atoms with E-state index in [1.165, 1.54) is 0 Å². The zero-order valence-electron chi connectivity index (χ0n) is 9.91. The smallest absolute Gasteiger partial charge is 0.256 e. The minimum absolute atomic E-state index is 0.190. The standard InChI is InChI=1S/C12H15N3O2/c1-3-4-8-10(13)14-11(15-12(8)16)9-7(2)5-6-17-9/h5-6H,3-4H2,1-2H3,(H3,13,14,15,16). The van der Waals surface area contributed by atoms with Crippen molar-refractivity contribution in [3.63, 3.8) is 0 Å². The molecule has 3 N–H and O–H groups in total. The summed E-state index contributed by atoms with van der Waals surface area (Å²) in [7, 11) is 0. The maximum Gasteiger partial charge on any atom is 0.256 e. The second-order valence-corrected chi connectivity index (χ2v) is 3.96. The summed E-state index contributed by atoms with van der Waals surface area (Å²) in [5.41, 5.74) is 7.06. The number of nitrogens with zero attached hydrogens (tertiary/aromatic N) is 1. The molecule has 2 aromatic heterocycles. The maximum atomic E-state index is 11.8. The van der Waals surface area contributed by atoms with Gasteiger partial charge in [-0.3, -0.25) is 4.79 Å². The molecule has 0 amide bonds. The van der Waals surface area contributed by atoms with Gasteiger partial charge in [-0.2, -0.15) is 0 Å². The first-order chi connectivity index (χ1) is 8.13. The van der Waals surface area contributed by atoms with Gasteiger partial charge in [0.25, 0.3) is 5.56 Å². The number of rotatable bonds is 3. The molecule has 2 rings (SSSR count). The molecular formula is C12H15N3O2. The number of furan rings is 1. The number of hydrogen-bond acceptors (Lipinski definition) is 4. The van der Waals surface area contributed by atoms with Gasteiger partial charge in [0.1, 0.15) is 5.82 Å². The summed E-state index contributed by atoms with van der Waals surface area (Å²) < 4.78 is 5.27. The summed E-state index contributed by atoms with van der Waals surface area (Å²) in [6.45, 7) is 3.87. The van der Waals surface area contributed by atoms with Crippen molar-refractivity contribution in [1.82, 2.24) is 9.97 Å². The van der Waals surface area contributed by atoms with Crippen LogP contribution in [0.4, 0.5) is 5.82 Å². The number of anilines is 1. The zero-order valence-corrected chi connectivity index (χ0v) is 9.91. The molecule has 2 aromatic rings. The van der Waals surface area contributed by atoms with Crippen molar-refractivity contribution < 1.29 is 4.42 Å². The molecule has 17 heavy (non-hydrogen) atoms. The van der Waals surface area contributed by atoms with Crippen LogP contribution in [0.15, 0.2) is 21.5 Å². The van der Waals surface area contributed by atoms with Gasteiger partial charge in [-0.05, 0) is 25.0 Å². The number of aromatic nitrogens is 2. The van der Waals surface area contributed by atoms with Gasteiger partial charge in [-0.1, -0.05) is 13.3 Å².